The molecule has 2 aromatic carbocycles. The van der Waals surface area contributed by atoms with Crippen molar-refractivity contribution in [2.24, 2.45) is 0 Å². The molecule has 0 unspecified atom stereocenters. The van der Waals surface area contributed by atoms with Crippen molar-refractivity contribution in [3.8, 4) is 0 Å². The van der Waals surface area contributed by atoms with E-state index < -0.39 is 0 Å². The van der Waals surface area contributed by atoms with Crippen molar-refractivity contribution in [1.82, 2.24) is 10.2 Å². The van der Waals surface area contributed by atoms with E-state index in [2.05, 4.69) is 52.8 Å². The minimum Gasteiger partial charge on any atom is -0.365 e. The summed E-state index contributed by atoms with van der Waals surface area (Å²) in [6, 6.07) is 19.9. The number of carbonyl (C=O) groups is 1. The van der Waals surface area contributed by atoms with Crippen molar-refractivity contribution in [2.45, 2.75) is 19.9 Å². The summed E-state index contributed by atoms with van der Waals surface area (Å²) in [5.74, 6) is 0.552. The van der Waals surface area contributed by atoms with Crippen LogP contribution in [0.5, 0.6) is 0 Å². The van der Waals surface area contributed by atoms with Crippen molar-refractivity contribution < 1.29 is 4.79 Å². The molecule has 1 N–H and O–H groups in total. The summed E-state index contributed by atoms with van der Waals surface area (Å²) in [4.78, 5) is 14.5. The number of hydrogen-bond donors (Lipinski definition) is 1. The first kappa shape index (κ1) is 16.3. The molecule has 0 fully saturated rings. The normalized spacial score (nSPS) is 12.7. The lowest BCUT2D eigenvalue weighted by Gasteiger charge is -2.16. The van der Waals surface area contributed by atoms with Crippen LogP contribution in [0, 0.1) is 6.92 Å². The van der Waals surface area contributed by atoms with Gasteiger partial charge in [-0.3, -0.25) is 4.79 Å². The Bertz CT molecular complexity index is 920. The molecule has 1 aromatic heterocycles. The number of hydrogen-bond acceptors (Lipinski definition) is 4. The first-order valence-electron chi connectivity index (χ1n) is 8.73. The second-order valence-electron chi connectivity index (χ2n) is 6.48. The van der Waals surface area contributed by atoms with Crippen molar-refractivity contribution in [3.63, 3.8) is 0 Å². The summed E-state index contributed by atoms with van der Waals surface area (Å²) >= 11 is 0. The highest BCUT2D eigenvalue weighted by molar-refractivity contribution is 6.06. The monoisotopic (exact) mass is 344 g/mol. The molecule has 26 heavy (non-hydrogen) atoms. The predicted octanol–water partition coefficient (Wildman–Crippen LogP) is 3.60. The smallest absolute Gasteiger partial charge is 0.278 e. The van der Waals surface area contributed by atoms with Crippen LogP contribution in [0.1, 0.15) is 27.2 Å². The standard InChI is InChI=1S/C21H20N4O/c1-15-6-8-16(9-7-15)14-22-20-11-10-18(23-24-20)21(26)25-13-12-17-4-2-3-5-19(17)25/h2-11H,12-14H2,1H3,(H,22,24). The number of nitrogens with zero attached hydrogens (tertiary/aromatic N) is 3. The Balaban J connectivity index is 1.43. The Kier molecular flexibility index (Phi) is 4.35. The molecule has 0 saturated heterocycles. The lowest BCUT2D eigenvalue weighted by Crippen LogP contribution is -2.29. The molecule has 1 aliphatic heterocycles. The van der Waals surface area contributed by atoms with Gasteiger partial charge in [-0.25, -0.2) is 0 Å². The van der Waals surface area contributed by atoms with E-state index in [1.807, 2.05) is 18.2 Å². The molecule has 0 aliphatic carbocycles. The zero-order chi connectivity index (χ0) is 17.9. The molecule has 2 heterocycles. The van der Waals surface area contributed by atoms with Crippen LogP contribution in [0.4, 0.5) is 11.5 Å². The number of para-hydroxylation sites is 1. The third-order valence-corrected chi connectivity index (χ3v) is 4.61. The SMILES string of the molecule is Cc1ccc(CNc2ccc(C(=O)N3CCc4ccccc43)nn2)cc1. The van der Waals surface area contributed by atoms with E-state index in [4.69, 9.17) is 0 Å². The Morgan fingerprint density at radius 3 is 2.62 bits per heavy atom. The Morgan fingerprint density at radius 1 is 1.04 bits per heavy atom. The second kappa shape index (κ2) is 6.96. The highest BCUT2D eigenvalue weighted by Gasteiger charge is 2.26. The first-order valence-corrected chi connectivity index (χ1v) is 8.73. The molecule has 0 saturated carbocycles. The van der Waals surface area contributed by atoms with Gasteiger partial charge in [0.25, 0.3) is 5.91 Å². The molecule has 5 nitrogen and oxygen atoms in total. The van der Waals surface area contributed by atoms with Crippen molar-refractivity contribution in [3.05, 3.63) is 83.0 Å². The van der Waals surface area contributed by atoms with Crippen LogP contribution in [0.3, 0.4) is 0 Å². The lowest BCUT2D eigenvalue weighted by molar-refractivity contribution is 0.0983. The van der Waals surface area contributed by atoms with E-state index >= 15 is 0 Å². The maximum absolute atomic E-state index is 12.7. The Hall–Kier alpha value is -3.21. The van der Waals surface area contributed by atoms with Crippen LogP contribution in [0.25, 0.3) is 0 Å². The lowest BCUT2D eigenvalue weighted by atomic mass is 10.1. The molecule has 130 valence electrons. The number of amides is 1. The van der Waals surface area contributed by atoms with Crippen LogP contribution < -0.4 is 10.2 Å². The third kappa shape index (κ3) is 3.28. The first-order chi connectivity index (χ1) is 12.7. The fourth-order valence-corrected chi connectivity index (χ4v) is 3.13. The van der Waals surface area contributed by atoms with Gasteiger partial charge < -0.3 is 10.2 Å². The minimum atomic E-state index is -0.104. The van der Waals surface area contributed by atoms with Crippen LogP contribution in [0.15, 0.2) is 60.7 Å². The van der Waals surface area contributed by atoms with Gasteiger partial charge in [-0.2, -0.15) is 0 Å². The van der Waals surface area contributed by atoms with Gasteiger partial charge in [-0.05, 0) is 42.7 Å². The predicted molar refractivity (Wildman–Crippen MR) is 102 cm³/mol. The van der Waals surface area contributed by atoms with Gasteiger partial charge in [0.1, 0.15) is 5.82 Å². The van der Waals surface area contributed by atoms with Gasteiger partial charge in [-0.15, -0.1) is 10.2 Å². The summed E-state index contributed by atoms with van der Waals surface area (Å²) in [5, 5.41) is 11.5. The van der Waals surface area contributed by atoms with Gasteiger partial charge in [0, 0.05) is 18.8 Å². The maximum Gasteiger partial charge on any atom is 0.278 e. The number of fused-ring (bicyclic) bond motifs is 1. The molecule has 5 heteroatoms. The number of aromatic nitrogens is 2. The molecule has 0 radical (unpaired) electrons. The second-order valence-corrected chi connectivity index (χ2v) is 6.48. The van der Waals surface area contributed by atoms with Crippen LogP contribution in [0.2, 0.25) is 0 Å². The molecule has 0 spiro atoms. The summed E-state index contributed by atoms with van der Waals surface area (Å²) in [7, 11) is 0. The van der Waals surface area contributed by atoms with Crippen molar-refractivity contribution in [1.29, 1.82) is 0 Å². The van der Waals surface area contributed by atoms with E-state index in [0.717, 1.165) is 12.1 Å². The molecule has 0 atom stereocenters. The van der Waals surface area contributed by atoms with E-state index in [0.29, 0.717) is 24.6 Å². The number of aryl methyl sites for hydroxylation is 1. The summed E-state index contributed by atoms with van der Waals surface area (Å²) in [5.41, 5.74) is 4.94. The molecule has 1 aliphatic rings. The van der Waals surface area contributed by atoms with E-state index in [1.165, 1.54) is 16.7 Å². The van der Waals surface area contributed by atoms with Gasteiger partial charge in [0.15, 0.2) is 5.69 Å². The zero-order valence-corrected chi connectivity index (χ0v) is 14.6. The highest BCUT2D eigenvalue weighted by atomic mass is 16.2. The maximum atomic E-state index is 12.7. The fourth-order valence-electron chi connectivity index (χ4n) is 3.13. The number of rotatable bonds is 4. The molecular weight excluding hydrogens is 324 g/mol. The van der Waals surface area contributed by atoms with Gasteiger partial charge in [-0.1, -0.05) is 48.0 Å². The largest absolute Gasteiger partial charge is 0.365 e. The van der Waals surface area contributed by atoms with Gasteiger partial charge in [0.2, 0.25) is 0 Å². The van der Waals surface area contributed by atoms with Crippen molar-refractivity contribution in [2.75, 3.05) is 16.8 Å². The summed E-state index contributed by atoms with van der Waals surface area (Å²) in [6.45, 7) is 3.42. The molecule has 4 rings (SSSR count). The quantitative estimate of drug-likeness (QED) is 0.786. The highest BCUT2D eigenvalue weighted by Crippen LogP contribution is 2.28. The van der Waals surface area contributed by atoms with Gasteiger partial charge in [0.05, 0.1) is 0 Å². The molecule has 3 aromatic rings. The van der Waals surface area contributed by atoms with Gasteiger partial charge >= 0.3 is 0 Å². The summed E-state index contributed by atoms with van der Waals surface area (Å²) in [6.07, 6.45) is 0.880. The third-order valence-electron chi connectivity index (χ3n) is 4.61. The summed E-state index contributed by atoms with van der Waals surface area (Å²) < 4.78 is 0. The average molecular weight is 344 g/mol. The van der Waals surface area contributed by atoms with E-state index in [9.17, 15) is 4.79 Å². The molecular formula is C21H20N4O. The van der Waals surface area contributed by atoms with E-state index in [1.54, 1.807) is 17.0 Å². The minimum absolute atomic E-state index is 0.104. The zero-order valence-electron chi connectivity index (χ0n) is 14.6. The molecule has 0 bridgehead atoms. The number of anilines is 2. The van der Waals surface area contributed by atoms with E-state index in [-0.39, 0.29) is 5.91 Å². The fraction of sp³-hybridized carbons (Fsp3) is 0.190. The topological polar surface area (TPSA) is 58.1 Å². The van der Waals surface area contributed by atoms with Crippen LogP contribution in [-0.2, 0) is 13.0 Å². The van der Waals surface area contributed by atoms with Crippen molar-refractivity contribution >= 4 is 17.4 Å². The van der Waals surface area contributed by atoms with Crippen LogP contribution >= 0.6 is 0 Å². The number of benzene rings is 2. The Labute approximate surface area is 152 Å². The van der Waals surface area contributed by atoms with Crippen LogP contribution in [-0.4, -0.2) is 22.6 Å². The molecule has 1 amide bonds. The Morgan fingerprint density at radius 2 is 1.85 bits per heavy atom. The average Bonchev–Trinajstić information content (AvgIpc) is 3.11. The number of carbonyl (C=O) groups excluding carboxylic acids is 1. The number of nitrogens with one attached hydrogen (secondary N) is 1.